The van der Waals surface area contributed by atoms with E-state index in [1.54, 1.807) is 0 Å². The second-order valence-corrected chi connectivity index (χ2v) is 6.92. The predicted octanol–water partition coefficient (Wildman–Crippen LogP) is 1.26. The van der Waals surface area contributed by atoms with Crippen molar-refractivity contribution in [3.63, 3.8) is 0 Å². The first-order valence-corrected chi connectivity index (χ1v) is 8.71. The number of alkyl halides is 1. The van der Waals surface area contributed by atoms with Crippen molar-refractivity contribution in [3.8, 4) is 0 Å². The Balaban J connectivity index is 1.53. The van der Waals surface area contributed by atoms with Gasteiger partial charge in [-0.15, -0.1) is 0 Å². The van der Waals surface area contributed by atoms with Crippen LogP contribution in [0.4, 0.5) is 0 Å². The Hall–Kier alpha value is 0.530. The molecule has 0 bridgehead atoms. The molecular formula is C14H25IO5. The molecule has 0 radical (unpaired) electrons. The van der Waals surface area contributed by atoms with Gasteiger partial charge in [-0.05, 0) is 6.42 Å². The molecule has 2 saturated heterocycles. The maximum atomic E-state index is 9.86. The first-order valence-electron chi connectivity index (χ1n) is 7.19. The van der Waals surface area contributed by atoms with Crippen LogP contribution in [0.25, 0.3) is 0 Å². The summed E-state index contributed by atoms with van der Waals surface area (Å²) in [5.41, 5.74) is 0.339. The van der Waals surface area contributed by atoms with E-state index < -0.39 is 6.10 Å². The maximum absolute atomic E-state index is 9.86. The van der Waals surface area contributed by atoms with E-state index in [-0.39, 0.29) is 10.8 Å². The molecule has 0 aromatic heterocycles. The van der Waals surface area contributed by atoms with Gasteiger partial charge in [0.25, 0.3) is 0 Å². The summed E-state index contributed by atoms with van der Waals surface area (Å²) in [6.45, 7) is 7.19. The third-order valence-electron chi connectivity index (χ3n) is 4.10. The lowest BCUT2D eigenvalue weighted by Gasteiger charge is -2.40. The summed E-state index contributed by atoms with van der Waals surface area (Å²) in [5, 5.41) is 9.86. The first-order chi connectivity index (χ1) is 9.64. The molecule has 1 atom stereocenters. The summed E-state index contributed by atoms with van der Waals surface area (Å²) < 4.78 is 22.7. The quantitative estimate of drug-likeness (QED) is 0.442. The normalized spacial score (nSPS) is 24.8. The van der Waals surface area contributed by atoms with Gasteiger partial charge in [-0.2, -0.15) is 0 Å². The SMILES string of the molecule is CCC1(COCC(O)COCC2(CI)COC2)COC1. The Morgan fingerprint density at radius 1 is 1.05 bits per heavy atom. The van der Waals surface area contributed by atoms with Gasteiger partial charge in [0.05, 0.1) is 52.9 Å². The second-order valence-electron chi connectivity index (χ2n) is 6.16. The van der Waals surface area contributed by atoms with Crippen LogP contribution >= 0.6 is 22.6 Å². The van der Waals surface area contributed by atoms with Crippen molar-refractivity contribution < 1.29 is 24.1 Å². The standard InChI is InChI=1S/C14H25IO5/c1-2-13(7-19-8-13)6-17-3-12(16)4-18-9-14(5-15)10-20-11-14/h12,16H,2-11H2,1H3. The average molecular weight is 400 g/mol. The lowest BCUT2D eigenvalue weighted by molar-refractivity contribution is -0.162. The van der Waals surface area contributed by atoms with Crippen LogP contribution in [0.15, 0.2) is 0 Å². The van der Waals surface area contributed by atoms with E-state index in [0.717, 1.165) is 37.3 Å². The third-order valence-corrected chi connectivity index (χ3v) is 5.72. The van der Waals surface area contributed by atoms with Crippen molar-refractivity contribution in [2.24, 2.45) is 10.8 Å². The van der Waals surface area contributed by atoms with Gasteiger partial charge in [-0.25, -0.2) is 0 Å². The Morgan fingerprint density at radius 2 is 1.55 bits per heavy atom. The summed E-state index contributed by atoms with van der Waals surface area (Å²) in [7, 11) is 0. The Bertz CT molecular complexity index is 252. The highest BCUT2D eigenvalue weighted by atomic mass is 127. The Labute approximate surface area is 134 Å². The number of hydrogen-bond donors (Lipinski definition) is 1. The van der Waals surface area contributed by atoms with Crippen LogP contribution in [0.5, 0.6) is 0 Å². The summed E-state index contributed by atoms with van der Waals surface area (Å²) in [6.07, 6.45) is 0.495. The van der Waals surface area contributed by atoms with Gasteiger partial charge >= 0.3 is 0 Å². The van der Waals surface area contributed by atoms with Crippen molar-refractivity contribution >= 4 is 22.6 Å². The fourth-order valence-electron chi connectivity index (χ4n) is 2.24. The van der Waals surface area contributed by atoms with Crippen LogP contribution in [0.3, 0.4) is 0 Å². The smallest absolute Gasteiger partial charge is 0.101 e. The molecule has 1 unspecified atom stereocenters. The van der Waals surface area contributed by atoms with E-state index in [2.05, 4.69) is 29.5 Å². The second kappa shape index (κ2) is 7.69. The number of hydrogen-bond acceptors (Lipinski definition) is 5. The van der Waals surface area contributed by atoms with Gasteiger partial charge in [0.15, 0.2) is 0 Å². The van der Waals surface area contributed by atoms with Crippen molar-refractivity contribution in [1.29, 1.82) is 0 Å². The summed E-state index contributed by atoms with van der Waals surface area (Å²) >= 11 is 2.36. The third kappa shape index (κ3) is 4.27. The Morgan fingerprint density at radius 3 is 1.90 bits per heavy atom. The fourth-order valence-corrected chi connectivity index (χ4v) is 2.90. The monoisotopic (exact) mass is 400 g/mol. The lowest BCUT2D eigenvalue weighted by Crippen LogP contribution is -2.48. The van der Waals surface area contributed by atoms with Crippen LogP contribution in [0.2, 0.25) is 0 Å². The molecular weight excluding hydrogens is 375 g/mol. The topological polar surface area (TPSA) is 57.2 Å². The van der Waals surface area contributed by atoms with E-state index in [0.29, 0.717) is 26.4 Å². The van der Waals surface area contributed by atoms with E-state index in [1.165, 1.54) is 0 Å². The summed E-state index contributed by atoms with van der Waals surface area (Å²) in [6, 6.07) is 0. The van der Waals surface area contributed by atoms with Crippen LogP contribution in [0, 0.1) is 10.8 Å². The van der Waals surface area contributed by atoms with Gasteiger partial charge in [-0.3, -0.25) is 0 Å². The zero-order valence-electron chi connectivity index (χ0n) is 12.1. The van der Waals surface area contributed by atoms with Gasteiger partial charge in [0.2, 0.25) is 0 Å². The molecule has 2 aliphatic rings. The molecule has 0 aliphatic carbocycles. The molecule has 0 spiro atoms. The minimum atomic E-state index is -0.558. The van der Waals surface area contributed by atoms with Crippen molar-refractivity contribution in [3.05, 3.63) is 0 Å². The minimum absolute atomic E-state index is 0.163. The number of ether oxygens (including phenoxy) is 4. The zero-order valence-corrected chi connectivity index (χ0v) is 14.3. The molecule has 2 aliphatic heterocycles. The molecule has 1 N–H and O–H groups in total. The van der Waals surface area contributed by atoms with E-state index in [1.807, 2.05) is 0 Å². The summed E-state index contributed by atoms with van der Waals surface area (Å²) in [5.74, 6) is 0. The highest BCUT2D eigenvalue weighted by Gasteiger charge is 2.38. The van der Waals surface area contributed by atoms with Crippen molar-refractivity contribution in [2.45, 2.75) is 19.4 Å². The number of rotatable bonds is 10. The largest absolute Gasteiger partial charge is 0.388 e. The lowest BCUT2D eigenvalue weighted by atomic mass is 9.84. The molecule has 0 aromatic carbocycles. The number of aliphatic hydroxyl groups is 1. The molecule has 0 aromatic rings. The zero-order chi connectivity index (χ0) is 14.5. The van der Waals surface area contributed by atoms with Gasteiger partial charge < -0.3 is 24.1 Å². The van der Waals surface area contributed by atoms with E-state index >= 15 is 0 Å². The van der Waals surface area contributed by atoms with Gasteiger partial charge in [0.1, 0.15) is 6.10 Å². The summed E-state index contributed by atoms with van der Waals surface area (Å²) in [4.78, 5) is 0. The molecule has 2 heterocycles. The first kappa shape index (κ1) is 16.9. The van der Waals surface area contributed by atoms with Crippen LogP contribution in [0.1, 0.15) is 13.3 Å². The van der Waals surface area contributed by atoms with Crippen LogP contribution < -0.4 is 0 Å². The minimum Gasteiger partial charge on any atom is -0.388 e. The van der Waals surface area contributed by atoms with E-state index in [4.69, 9.17) is 18.9 Å². The molecule has 2 rings (SSSR count). The predicted molar refractivity (Wildman–Crippen MR) is 83.3 cm³/mol. The molecule has 0 saturated carbocycles. The van der Waals surface area contributed by atoms with Crippen molar-refractivity contribution in [1.82, 2.24) is 0 Å². The molecule has 5 nitrogen and oxygen atoms in total. The average Bonchev–Trinajstić information content (AvgIpc) is 2.36. The van der Waals surface area contributed by atoms with Crippen LogP contribution in [-0.2, 0) is 18.9 Å². The highest BCUT2D eigenvalue weighted by Crippen LogP contribution is 2.31. The fraction of sp³-hybridized carbons (Fsp3) is 1.00. The van der Waals surface area contributed by atoms with Gasteiger partial charge in [-0.1, -0.05) is 29.5 Å². The number of aliphatic hydroxyl groups excluding tert-OH is 1. The molecule has 20 heavy (non-hydrogen) atoms. The Kier molecular flexibility index (Phi) is 6.50. The van der Waals surface area contributed by atoms with E-state index in [9.17, 15) is 5.11 Å². The molecule has 2 fully saturated rings. The highest BCUT2D eigenvalue weighted by molar-refractivity contribution is 14.1. The molecule has 0 amide bonds. The number of halogens is 1. The van der Waals surface area contributed by atoms with Crippen LogP contribution in [-0.4, -0.2) is 68.5 Å². The maximum Gasteiger partial charge on any atom is 0.101 e. The molecule has 118 valence electrons. The molecule has 6 heteroatoms. The van der Waals surface area contributed by atoms with Gasteiger partial charge in [0, 0.05) is 15.3 Å². The van der Waals surface area contributed by atoms with Crippen molar-refractivity contribution in [2.75, 3.05) is 57.3 Å².